The Bertz CT molecular complexity index is 381. The van der Waals surface area contributed by atoms with Gasteiger partial charge in [0.2, 0.25) is 0 Å². The van der Waals surface area contributed by atoms with Gasteiger partial charge in [-0.15, -0.1) is 0 Å². The van der Waals surface area contributed by atoms with Crippen LogP contribution in [0, 0.1) is 0 Å². The third-order valence-corrected chi connectivity index (χ3v) is 3.92. The molecule has 1 heterocycles. The number of nitrogens with one attached hydrogen (secondary N) is 1. The van der Waals surface area contributed by atoms with Gasteiger partial charge in [-0.05, 0) is 37.1 Å². The summed E-state index contributed by atoms with van der Waals surface area (Å²) in [6.45, 7) is 7.45. The molecule has 1 saturated heterocycles. The maximum Gasteiger partial charge on any atom is 0.0713 e. The van der Waals surface area contributed by atoms with Crippen molar-refractivity contribution in [2.24, 2.45) is 0 Å². The molecule has 0 spiro atoms. The summed E-state index contributed by atoms with van der Waals surface area (Å²) in [7, 11) is 1.74. The van der Waals surface area contributed by atoms with Crippen molar-refractivity contribution in [3.8, 4) is 0 Å². The van der Waals surface area contributed by atoms with E-state index < -0.39 is 0 Å². The molecule has 1 aliphatic heterocycles. The minimum Gasteiger partial charge on any atom is -0.380 e. The zero-order chi connectivity index (χ0) is 13.5. The van der Waals surface area contributed by atoms with Crippen LogP contribution in [0.5, 0.6) is 0 Å². The van der Waals surface area contributed by atoms with Gasteiger partial charge < -0.3 is 10.1 Å². The predicted octanol–water partition coefficient (Wildman–Crippen LogP) is 2.41. The van der Waals surface area contributed by atoms with E-state index in [1.807, 2.05) is 0 Å². The molecule has 1 atom stereocenters. The highest BCUT2D eigenvalue weighted by molar-refractivity contribution is 5.22. The van der Waals surface area contributed by atoms with Crippen molar-refractivity contribution in [1.82, 2.24) is 10.2 Å². The van der Waals surface area contributed by atoms with E-state index in [-0.39, 0.29) is 0 Å². The molecule has 2 rings (SSSR count). The number of rotatable bonds is 7. The molecule has 19 heavy (non-hydrogen) atoms. The third-order valence-electron chi connectivity index (χ3n) is 3.92. The number of nitrogens with zero attached hydrogens (tertiary/aromatic N) is 1. The molecule has 1 aromatic rings. The van der Waals surface area contributed by atoms with E-state index in [2.05, 4.69) is 41.4 Å². The molecule has 1 N–H and O–H groups in total. The van der Waals surface area contributed by atoms with Gasteiger partial charge in [0.25, 0.3) is 0 Å². The highest BCUT2D eigenvalue weighted by atomic mass is 16.5. The summed E-state index contributed by atoms with van der Waals surface area (Å²) < 4.78 is 5.17. The average molecular weight is 262 g/mol. The number of methoxy groups -OCH3 is 1. The van der Waals surface area contributed by atoms with Crippen molar-refractivity contribution in [2.45, 2.75) is 39.0 Å². The monoisotopic (exact) mass is 262 g/mol. The van der Waals surface area contributed by atoms with E-state index in [0.29, 0.717) is 6.61 Å². The SMILES string of the molecule is CCN1CCCC1CNCc1cccc(COC)c1. The number of likely N-dealkylation sites (N-methyl/N-ethyl adjacent to an activating group) is 1. The molecule has 0 aromatic heterocycles. The lowest BCUT2D eigenvalue weighted by Crippen LogP contribution is -2.37. The van der Waals surface area contributed by atoms with Gasteiger partial charge in [-0.3, -0.25) is 4.90 Å². The smallest absolute Gasteiger partial charge is 0.0713 e. The van der Waals surface area contributed by atoms with Gasteiger partial charge in [0.1, 0.15) is 0 Å². The van der Waals surface area contributed by atoms with Crippen LogP contribution in [0.3, 0.4) is 0 Å². The summed E-state index contributed by atoms with van der Waals surface area (Å²) in [6, 6.07) is 9.36. The number of likely N-dealkylation sites (tertiary alicyclic amines) is 1. The van der Waals surface area contributed by atoms with Crippen LogP contribution < -0.4 is 5.32 Å². The Balaban J connectivity index is 1.77. The van der Waals surface area contributed by atoms with Crippen LogP contribution in [-0.4, -0.2) is 37.7 Å². The summed E-state index contributed by atoms with van der Waals surface area (Å²) in [5.74, 6) is 0. The van der Waals surface area contributed by atoms with E-state index in [1.54, 1.807) is 7.11 Å². The summed E-state index contributed by atoms with van der Waals surface area (Å²) >= 11 is 0. The highest BCUT2D eigenvalue weighted by Crippen LogP contribution is 2.15. The molecule has 0 aliphatic carbocycles. The van der Waals surface area contributed by atoms with Crippen LogP contribution in [0.25, 0.3) is 0 Å². The van der Waals surface area contributed by atoms with Gasteiger partial charge in [0.05, 0.1) is 6.61 Å². The molecular formula is C16H26N2O. The molecular weight excluding hydrogens is 236 g/mol. The Morgan fingerprint density at radius 3 is 3.00 bits per heavy atom. The van der Waals surface area contributed by atoms with Crippen molar-refractivity contribution in [3.63, 3.8) is 0 Å². The molecule has 1 aromatic carbocycles. The summed E-state index contributed by atoms with van der Waals surface area (Å²) in [6.07, 6.45) is 2.69. The van der Waals surface area contributed by atoms with Gasteiger partial charge >= 0.3 is 0 Å². The molecule has 3 heteroatoms. The summed E-state index contributed by atoms with van der Waals surface area (Å²) in [5, 5.41) is 3.59. The van der Waals surface area contributed by atoms with Gasteiger partial charge in [0.15, 0.2) is 0 Å². The Labute approximate surface area is 116 Å². The van der Waals surface area contributed by atoms with E-state index >= 15 is 0 Å². The molecule has 0 bridgehead atoms. The second kappa shape index (κ2) is 7.63. The quantitative estimate of drug-likeness (QED) is 0.816. The Kier molecular flexibility index (Phi) is 5.83. The lowest BCUT2D eigenvalue weighted by molar-refractivity contribution is 0.185. The van der Waals surface area contributed by atoms with Gasteiger partial charge in [-0.25, -0.2) is 0 Å². The molecule has 3 nitrogen and oxygen atoms in total. The molecule has 1 unspecified atom stereocenters. The van der Waals surface area contributed by atoms with Crippen LogP contribution in [-0.2, 0) is 17.9 Å². The minimum absolute atomic E-state index is 0.695. The normalized spacial score (nSPS) is 20.0. The Morgan fingerprint density at radius 1 is 1.37 bits per heavy atom. The first-order valence-corrected chi connectivity index (χ1v) is 7.35. The predicted molar refractivity (Wildman–Crippen MR) is 79.1 cm³/mol. The second-order valence-corrected chi connectivity index (χ2v) is 5.31. The summed E-state index contributed by atoms with van der Waals surface area (Å²) in [5.41, 5.74) is 2.59. The van der Waals surface area contributed by atoms with Crippen molar-refractivity contribution in [2.75, 3.05) is 26.7 Å². The first kappa shape index (κ1) is 14.5. The van der Waals surface area contributed by atoms with Crippen molar-refractivity contribution < 1.29 is 4.74 Å². The maximum atomic E-state index is 5.17. The van der Waals surface area contributed by atoms with E-state index in [0.717, 1.165) is 19.1 Å². The lowest BCUT2D eigenvalue weighted by Gasteiger charge is -2.23. The van der Waals surface area contributed by atoms with Crippen molar-refractivity contribution >= 4 is 0 Å². The third kappa shape index (κ3) is 4.30. The van der Waals surface area contributed by atoms with Gasteiger partial charge in [-0.2, -0.15) is 0 Å². The summed E-state index contributed by atoms with van der Waals surface area (Å²) in [4.78, 5) is 2.58. The average Bonchev–Trinajstić information content (AvgIpc) is 2.87. The van der Waals surface area contributed by atoms with Crippen molar-refractivity contribution in [1.29, 1.82) is 0 Å². The van der Waals surface area contributed by atoms with Gasteiger partial charge in [0, 0.05) is 26.2 Å². The van der Waals surface area contributed by atoms with Crippen LogP contribution in [0.1, 0.15) is 30.9 Å². The zero-order valence-corrected chi connectivity index (χ0v) is 12.2. The Hall–Kier alpha value is -0.900. The Morgan fingerprint density at radius 2 is 2.21 bits per heavy atom. The minimum atomic E-state index is 0.695. The molecule has 106 valence electrons. The largest absolute Gasteiger partial charge is 0.380 e. The topological polar surface area (TPSA) is 24.5 Å². The second-order valence-electron chi connectivity index (χ2n) is 5.31. The zero-order valence-electron chi connectivity index (χ0n) is 12.2. The fraction of sp³-hybridized carbons (Fsp3) is 0.625. The molecule has 1 fully saturated rings. The van der Waals surface area contributed by atoms with Crippen LogP contribution in [0.2, 0.25) is 0 Å². The molecule has 0 saturated carbocycles. The van der Waals surface area contributed by atoms with Crippen LogP contribution in [0.15, 0.2) is 24.3 Å². The van der Waals surface area contributed by atoms with Crippen LogP contribution >= 0.6 is 0 Å². The number of benzene rings is 1. The lowest BCUT2D eigenvalue weighted by atomic mass is 10.1. The molecule has 1 aliphatic rings. The first-order chi connectivity index (χ1) is 9.33. The van der Waals surface area contributed by atoms with Crippen LogP contribution in [0.4, 0.5) is 0 Å². The maximum absolute atomic E-state index is 5.17. The fourth-order valence-electron chi connectivity index (χ4n) is 2.92. The van der Waals surface area contributed by atoms with E-state index in [4.69, 9.17) is 4.74 Å². The highest BCUT2D eigenvalue weighted by Gasteiger charge is 2.21. The standard InChI is InChI=1S/C16H26N2O/c1-3-18-9-5-8-16(18)12-17-11-14-6-4-7-15(10-14)13-19-2/h4,6-7,10,16-17H,3,5,8-9,11-13H2,1-2H3. The van der Waals surface area contributed by atoms with E-state index in [9.17, 15) is 0 Å². The number of hydrogen-bond donors (Lipinski definition) is 1. The van der Waals surface area contributed by atoms with Crippen molar-refractivity contribution in [3.05, 3.63) is 35.4 Å². The number of ether oxygens (including phenoxy) is 1. The van der Waals surface area contributed by atoms with Gasteiger partial charge in [-0.1, -0.05) is 31.2 Å². The first-order valence-electron chi connectivity index (χ1n) is 7.35. The molecule has 0 radical (unpaired) electrons. The van der Waals surface area contributed by atoms with E-state index in [1.165, 1.54) is 37.1 Å². The molecule has 0 amide bonds. The number of hydrogen-bond acceptors (Lipinski definition) is 3. The fourth-order valence-corrected chi connectivity index (χ4v) is 2.92.